The van der Waals surface area contributed by atoms with Gasteiger partial charge in [0.15, 0.2) is 5.92 Å². The molecule has 4 nitrogen and oxygen atoms in total. The maximum atomic E-state index is 10.5. The average molecular weight is 196 g/mol. The molecule has 0 radical (unpaired) electrons. The third-order valence-corrected chi connectivity index (χ3v) is 2.02. The van der Waals surface area contributed by atoms with Gasteiger partial charge in [-0.15, -0.1) is 0 Å². The van der Waals surface area contributed by atoms with E-state index in [0.717, 1.165) is 12.8 Å². The van der Waals surface area contributed by atoms with Crippen LogP contribution < -0.4 is 18.9 Å². The van der Waals surface area contributed by atoms with Gasteiger partial charge in [0.05, 0.1) is 0 Å². The van der Waals surface area contributed by atoms with Gasteiger partial charge in [-0.05, 0) is 12.3 Å². The summed E-state index contributed by atoms with van der Waals surface area (Å²) in [6.45, 7) is 3.87. The van der Waals surface area contributed by atoms with Gasteiger partial charge in [-0.25, -0.2) is 0 Å². The maximum Gasteiger partial charge on any atom is 1.00 e. The van der Waals surface area contributed by atoms with Gasteiger partial charge in [-0.3, -0.25) is 9.59 Å². The van der Waals surface area contributed by atoms with E-state index in [9.17, 15) is 9.59 Å². The van der Waals surface area contributed by atoms with Crippen LogP contribution in [0.2, 0.25) is 0 Å². The van der Waals surface area contributed by atoms with E-state index in [4.69, 9.17) is 10.2 Å². The fourth-order valence-electron chi connectivity index (χ4n) is 1.32. The van der Waals surface area contributed by atoms with Crippen LogP contribution in [0.15, 0.2) is 0 Å². The Bertz CT molecular complexity index is 185. The van der Waals surface area contributed by atoms with Crippen molar-refractivity contribution in [1.29, 1.82) is 0 Å². The molecule has 0 fully saturated rings. The molecule has 1 unspecified atom stereocenters. The predicted octanol–water partition coefficient (Wildman–Crippen LogP) is -1.29. The van der Waals surface area contributed by atoms with E-state index in [1.807, 2.05) is 13.8 Å². The second kappa shape index (κ2) is 7.90. The summed E-state index contributed by atoms with van der Waals surface area (Å²) in [6, 6.07) is 0. The quantitative estimate of drug-likeness (QED) is 0.409. The van der Waals surface area contributed by atoms with Crippen LogP contribution in [0.3, 0.4) is 0 Å². The molecule has 0 amide bonds. The first-order valence-electron chi connectivity index (χ1n) is 4.44. The van der Waals surface area contributed by atoms with Gasteiger partial charge >= 0.3 is 30.8 Å². The van der Waals surface area contributed by atoms with Gasteiger partial charge in [0.1, 0.15) is 0 Å². The van der Waals surface area contributed by atoms with Crippen LogP contribution >= 0.6 is 0 Å². The van der Waals surface area contributed by atoms with Gasteiger partial charge in [0.2, 0.25) is 0 Å². The second-order valence-corrected chi connectivity index (χ2v) is 3.36. The molecule has 0 aromatic carbocycles. The molecule has 0 aliphatic heterocycles. The first-order valence-corrected chi connectivity index (χ1v) is 4.44. The van der Waals surface area contributed by atoms with Gasteiger partial charge in [0.25, 0.3) is 0 Å². The zero-order chi connectivity index (χ0) is 10.4. The summed E-state index contributed by atoms with van der Waals surface area (Å²) in [5, 5.41) is 17.2. The Kier molecular flexibility index (Phi) is 9.02. The molecule has 0 rings (SSSR count). The minimum Gasteiger partial charge on any atom is -1.00 e. The van der Waals surface area contributed by atoms with Crippen LogP contribution in [0.1, 0.15) is 34.5 Å². The van der Waals surface area contributed by atoms with Crippen LogP contribution in [-0.2, 0) is 9.59 Å². The first-order chi connectivity index (χ1) is 5.99. The Morgan fingerprint density at radius 2 is 1.71 bits per heavy atom. The van der Waals surface area contributed by atoms with Crippen LogP contribution in [-0.4, -0.2) is 22.2 Å². The summed E-state index contributed by atoms with van der Waals surface area (Å²) >= 11 is 0. The zero-order valence-electron chi connectivity index (χ0n) is 9.99. The summed E-state index contributed by atoms with van der Waals surface area (Å²) < 4.78 is 0. The monoisotopic (exact) mass is 196 g/mol. The first kappa shape index (κ1) is 16.0. The van der Waals surface area contributed by atoms with E-state index in [2.05, 4.69) is 0 Å². The van der Waals surface area contributed by atoms with Crippen LogP contribution in [0, 0.1) is 11.8 Å². The molecule has 5 heteroatoms. The molecule has 0 aliphatic rings. The molecule has 0 saturated heterocycles. The number of aliphatic carboxylic acids is 2. The standard InChI is InChI=1S/C9H16O4.Li.H/c1-3-4-6(2)5-7(8(10)11)9(12)13;;/h6-7H,3-5H2,1-2H3,(H,10,11)(H,12,13);;/q;+1;-1. The Morgan fingerprint density at radius 1 is 1.29 bits per heavy atom. The minimum atomic E-state index is -1.25. The molecule has 0 saturated carbocycles. The molecule has 78 valence electrons. The van der Waals surface area contributed by atoms with Crippen molar-refractivity contribution >= 4 is 11.9 Å². The maximum absolute atomic E-state index is 10.5. The number of hydrogen-bond donors (Lipinski definition) is 2. The fraction of sp³-hybridized carbons (Fsp3) is 0.778. The van der Waals surface area contributed by atoms with Crippen molar-refractivity contribution in [2.24, 2.45) is 11.8 Å². The molecule has 0 aromatic rings. The predicted molar refractivity (Wildman–Crippen MR) is 48.6 cm³/mol. The normalized spacial score (nSPS) is 11.9. The molecule has 0 aromatic heterocycles. The van der Waals surface area contributed by atoms with Crippen molar-refractivity contribution in [3.8, 4) is 0 Å². The molecular formula is C9H17LiO4. The topological polar surface area (TPSA) is 74.6 Å². The van der Waals surface area contributed by atoms with E-state index in [1.165, 1.54) is 0 Å². The molecule has 1 atom stereocenters. The molecule has 0 spiro atoms. The molecule has 14 heavy (non-hydrogen) atoms. The van der Waals surface area contributed by atoms with Crippen molar-refractivity contribution in [2.75, 3.05) is 0 Å². The Balaban J connectivity index is -0.000000720. The largest absolute Gasteiger partial charge is 1.00 e. The van der Waals surface area contributed by atoms with Gasteiger partial charge in [-0.2, -0.15) is 0 Å². The number of carbonyl (C=O) groups is 2. The summed E-state index contributed by atoms with van der Waals surface area (Å²) in [7, 11) is 0. The second-order valence-electron chi connectivity index (χ2n) is 3.36. The molecule has 0 bridgehead atoms. The molecule has 2 N–H and O–H groups in total. The van der Waals surface area contributed by atoms with E-state index in [1.54, 1.807) is 0 Å². The van der Waals surface area contributed by atoms with Crippen LogP contribution in [0.5, 0.6) is 0 Å². The van der Waals surface area contributed by atoms with Crippen molar-refractivity contribution < 1.29 is 40.1 Å². The number of carboxylic acids is 2. The Labute approximate surface area is 97.4 Å². The third kappa shape index (κ3) is 6.06. The molecule has 0 heterocycles. The van der Waals surface area contributed by atoms with E-state index in [-0.39, 0.29) is 32.6 Å². The summed E-state index contributed by atoms with van der Waals surface area (Å²) in [6.07, 6.45) is 2.04. The Morgan fingerprint density at radius 3 is 2.00 bits per heavy atom. The smallest absolute Gasteiger partial charge is 1.00 e. The third-order valence-electron chi connectivity index (χ3n) is 2.02. The zero-order valence-corrected chi connectivity index (χ0v) is 8.99. The van der Waals surface area contributed by atoms with Crippen LogP contribution in [0.25, 0.3) is 0 Å². The van der Waals surface area contributed by atoms with E-state index >= 15 is 0 Å². The van der Waals surface area contributed by atoms with Gasteiger partial charge in [-0.1, -0.05) is 26.7 Å². The fourth-order valence-corrected chi connectivity index (χ4v) is 1.32. The van der Waals surface area contributed by atoms with Crippen molar-refractivity contribution in [2.45, 2.75) is 33.1 Å². The van der Waals surface area contributed by atoms with Gasteiger partial charge < -0.3 is 11.6 Å². The van der Waals surface area contributed by atoms with Crippen molar-refractivity contribution in [1.82, 2.24) is 0 Å². The minimum absolute atomic E-state index is 0. The summed E-state index contributed by atoms with van der Waals surface area (Å²) in [5.74, 6) is -3.57. The summed E-state index contributed by atoms with van der Waals surface area (Å²) in [4.78, 5) is 21.0. The van der Waals surface area contributed by atoms with Crippen molar-refractivity contribution in [3.05, 3.63) is 0 Å². The number of carboxylic acid groups (broad SMARTS) is 2. The van der Waals surface area contributed by atoms with Gasteiger partial charge in [0, 0.05) is 0 Å². The van der Waals surface area contributed by atoms with E-state index < -0.39 is 17.9 Å². The summed E-state index contributed by atoms with van der Waals surface area (Å²) in [5.41, 5.74) is 0. The van der Waals surface area contributed by atoms with E-state index in [0.29, 0.717) is 0 Å². The van der Waals surface area contributed by atoms with Crippen molar-refractivity contribution in [3.63, 3.8) is 0 Å². The molecular weight excluding hydrogens is 179 g/mol. The number of hydrogen-bond acceptors (Lipinski definition) is 2. The Hall–Kier alpha value is -0.463. The SMILES string of the molecule is CCCC(C)CC(C(=O)O)C(=O)O.[H-].[Li+]. The number of rotatable bonds is 6. The van der Waals surface area contributed by atoms with Crippen LogP contribution in [0.4, 0.5) is 0 Å². The molecule has 0 aliphatic carbocycles. The average Bonchev–Trinajstić information content (AvgIpc) is 1.99.